The van der Waals surface area contributed by atoms with E-state index in [1.807, 2.05) is 45.0 Å². The Labute approximate surface area is 179 Å². The first-order chi connectivity index (χ1) is 14.3. The number of nitrogens with one attached hydrogen (secondary N) is 1. The predicted octanol–water partition coefficient (Wildman–Crippen LogP) is 4.14. The number of hydrogen-bond acceptors (Lipinski definition) is 4. The smallest absolute Gasteiger partial charge is 0.243 e. The lowest BCUT2D eigenvalue weighted by Gasteiger charge is -2.26. The Morgan fingerprint density at radius 2 is 1.80 bits per heavy atom. The summed E-state index contributed by atoms with van der Waals surface area (Å²) in [6, 6.07) is 12.4. The molecular formula is C23H30N2O4S. The standard InChI is InChI=1S/C23H30N2O4S/c1-17(2)29-22-12-11-20(30(27,28)25-13-7-4-8-14-25)16-21(22)24-23(26)15-19-10-6-5-9-18(19)3/h5-6,9-12,16-17H,4,7-8,13-15H2,1-3H3,(H,24,26). The number of carbonyl (C=O) groups excluding carboxylic acids is 1. The van der Waals surface area contributed by atoms with Crippen LogP contribution in [0.3, 0.4) is 0 Å². The van der Waals surface area contributed by atoms with Gasteiger partial charge in [-0.25, -0.2) is 8.42 Å². The third kappa shape index (κ3) is 5.40. The van der Waals surface area contributed by atoms with Gasteiger partial charge in [0, 0.05) is 13.1 Å². The molecule has 1 fully saturated rings. The molecule has 1 aliphatic rings. The molecule has 0 atom stereocenters. The summed E-state index contributed by atoms with van der Waals surface area (Å²) < 4.78 is 33.5. The van der Waals surface area contributed by atoms with Gasteiger partial charge in [-0.15, -0.1) is 0 Å². The molecule has 0 spiro atoms. The fraction of sp³-hybridized carbons (Fsp3) is 0.435. The van der Waals surface area contributed by atoms with Crippen molar-refractivity contribution in [3.63, 3.8) is 0 Å². The number of nitrogens with zero attached hydrogens (tertiary/aromatic N) is 1. The van der Waals surface area contributed by atoms with Crippen LogP contribution in [0.15, 0.2) is 47.4 Å². The highest BCUT2D eigenvalue weighted by atomic mass is 32.2. The summed E-state index contributed by atoms with van der Waals surface area (Å²) in [4.78, 5) is 12.9. The molecular weight excluding hydrogens is 400 g/mol. The van der Waals surface area contributed by atoms with E-state index < -0.39 is 10.0 Å². The minimum absolute atomic E-state index is 0.110. The van der Waals surface area contributed by atoms with E-state index in [0.717, 1.165) is 30.4 Å². The monoisotopic (exact) mass is 430 g/mol. The van der Waals surface area contributed by atoms with Crippen LogP contribution in [0.2, 0.25) is 0 Å². The van der Waals surface area contributed by atoms with Gasteiger partial charge in [0.1, 0.15) is 5.75 Å². The highest BCUT2D eigenvalue weighted by Crippen LogP contribution is 2.31. The second-order valence-corrected chi connectivity index (χ2v) is 9.88. The van der Waals surface area contributed by atoms with Crippen LogP contribution in [0.1, 0.15) is 44.2 Å². The Morgan fingerprint density at radius 1 is 1.10 bits per heavy atom. The van der Waals surface area contributed by atoms with Gasteiger partial charge in [-0.1, -0.05) is 30.7 Å². The van der Waals surface area contributed by atoms with Crippen LogP contribution in [-0.4, -0.2) is 37.8 Å². The first-order valence-corrected chi connectivity index (χ1v) is 11.9. The molecule has 162 valence electrons. The van der Waals surface area contributed by atoms with Gasteiger partial charge >= 0.3 is 0 Å². The summed E-state index contributed by atoms with van der Waals surface area (Å²) in [5, 5.41) is 2.86. The van der Waals surface area contributed by atoms with Crippen LogP contribution in [0.5, 0.6) is 5.75 Å². The second-order valence-electron chi connectivity index (χ2n) is 7.94. The molecule has 0 radical (unpaired) electrons. The van der Waals surface area contributed by atoms with Crippen LogP contribution < -0.4 is 10.1 Å². The molecule has 0 bridgehead atoms. The second kappa shape index (κ2) is 9.62. The van der Waals surface area contributed by atoms with Crippen molar-refractivity contribution in [3.8, 4) is 5.75 Å². The summed E-state index contributed by atoms with van der Waals surface area (Å²) in [5.74, 6) is 0.242. The maximum Gasteiger partial charge on any atom is 0.243 e. The largest absolute Gasteiger partial charge is 0.489 e. The number of rotatable bonds is 7. The molecule has 1 N–H and O–H groups in total. The Balaban J connectivity index is 1.87. The zero-order valence-corrected chi connectivity index (χ0v) is 18.7. The van der Waals surface area contributed by atoms with Crippen molar-refractivity contribution >= 4 is 21.6 Å². The normalized spacial score (nSPS) is 15.2. The van der Waals surface area contributed by atoms with Crippen molar-refractivity contribution in [2.75, 3.05) is 18.4 Å². The number of benzene rings is 2. The average molecular weight is 431 g/mol. The highest BCUT2D eigenvalue weighted by Gasteiger charge is 2.27. The SMILES string of the molecule is Cc1ccccc1CC(=O)Nc1cc(S(=O)(=O)N2CCCCC2)ccc1OC(C)C. The molecule has 0 aliphatic carbocycles. The maximum absolute atomic E-state index is 13.1. The molecule has 7 heteroatoms. The lowest BCUT2D eigenvalue weighted by molar-refractivity contribution is -0.115. The van der Waals surface area contributed by atoms with Gasteiger partial charge in [-0.05, 0) is 62.9 Å². The minimum atomic E-state index is -3.60. The number of amides is 1. The van der Waals surface area contributed by atoms with Crippen molar-refractivity contribution in [2.45, 2.75) is 57.5 Å². The van der Waals surface area contributed by atoms with Crippen LogP contribution in [0.4, 0.5) is 5.69 Å². The molecule has 0 saturated carbocycles. The zero-order chi connectivity index (χ0) is 21.7. The number of aryl methyl sites for hydroxylation is 1. The van der Waals surface area contributed by atoms with Crippen molar-refractivity contribution < 1.29 is 17.9 Å². The summed E-state index contributed by atoms with van der Waals surface area (Å²) in [7, 11) is -3.60. The quantitative estimate of drug-likeness (QED) is 0.716. The molecule has 3 rings (SSSR count). The topological polar surface area (TPSA) is 75.7 Å². The predicted molar refractivity (Wildman–Crippen MR) is 118 cm³/mol. The van der Waals surface area contributed by atoms with Crippen molar-refractivity contribution in [1.82, 2.24) is 4.31 Å². The van der Waals surface area contributed by atoms with Gasteiger partial charge in [0.05, 0.1) is 23.1 Å². The van der Waals surface area contributed by atoms with E-state index in [1.165, 1.54) is 10.4 Å². The third-order valence-corrected chi connectivity index (χ3v) is 7.05. The van der Waals surface area contributed by atoms with E-state index in [1.54, 1.807) is 12.1 Å². The molecule has 1 aliphatic heterocycles. The Bertz CT molecular complexity index is 996. The number of hydrogen-bond donors (Lipinski definition) is 1. The number of anilines is 1. The molecule has 0 unspecified atom stereocenters. The molecule has 1 saturated heterocycles. The molecule has 30 heavy (non-hydrogen) atoms. The van der Waals surface area contributed by atoms with Crippen molar-refractivity contribution in [2.24, 2.45) is 0 Å². The first-order valence-electron chi connectivity index (χ1n) is 10.4. The van der Waals surface area contributed by atoms with E-state index in [2.05, 4.69) is 5.32 Å². The summed E-state index contributed by atoms with van der Waals surface area (Å²) >= 11 is 0. The summed E-state index contributed by atoms with van der Waals surface area (Å²) in [6.07, 6.45) is 2.88. The van der Waals surface area contributed by atoms with Gasteiger partial charge in [-0.3, -0.25) is 4.79 Å². The van der Waals surface area contributed by atoms with E-state index in [0.29, 0.717) is 24.5 Å². The Kier molecular flexibility index (Phi) is 7.15. The van der Waals surface area contributed by atoms with Crippen LogP contribution in [0, 0.1) is 6.92 Å². The average Bonchev–Trinajstić information content (AvgIpc) is 2.71. The highest BCUT2D eigenvalue weighted by molar-refractivity contribution is 7.89. The lowest BCUT2D eigenvalue weighted by atomic mass is 10.1. The summed E-state index contributed by atoms with van der Waals surface area (Å²) in [5.41, 5.74) is 2.34. The molecule has 1 heterocycles. The van der Waals surface area contributed by atoms with Gasteiger partial charge in [0.25, 0.3) is 0 Å². The number of carbonyl (C=O) groups is 1. The van der Waals surface area contributed by atoms with Gasteiger partial charge in [0.2, 0.25) is 15.9 Å². The molecule has 2 aromatic carbocycles. The van der Waals surface area contributed by atoms with Crippen LogP contribution >= 0.6 is 0 Å². The minimum Gasteiger partial charge on any atom is -0.489 e. The maximum atomic E-state index is 13.1. The van der Waals surface area contributed by atoms with Crippen LogP contribution in [-0.2, 0) is 21.2 Å². The fourth-order valence-electron chi connectivity index (χ4n) is 3.55. The fourth-order valence-corrected chi connectivity index (χ4v) is 5.10. The Hall–Kier alpha value is -2.38. The summed E-state index contributed by atoms with van der Waals surface area (Å²) in [6.45, 7) is 6.79. The van der Waals surface area contributed by atoms with Gasteiger partial charge in [0.15, 0.2) is 0 Å². The number of piperidine rings is 1. The molecule has 6 nitrogen and oxygen atoms in total. The first kappa shape index (κ1) is 22.3. The van der Waals surface area contributed by atoms with Crippen molar-refractivity contribution in [1.29, 1.82) is 0 Å². The lowest BCUT2D eigenvalue weighted by Crippen LogP contribution is -2.35. The van der Waals surface area contributed by atoms with Gasteiger partial charge < -0.3 is 10.1 Å². The molecule has 0 aromatic heterocycles. The number of sulfonamides is 1. The van der Waals surface area contributed by atoms with Crippen molar-refractivity contribution in [3.05, 3.63) is 53.6 Å². The van der Waals surface area contributed by atoms with E-state index >= 15 is 0 Å². The molecule has 2 aromatic rings. The van der Waals surface area contributed by atoms with Gasteiger partial charge in [-0.2, -0.15) is 4.31 Å². The number of ether oxygens (including phenoxy) is 1. The van der Waals surface area contributed by atoms with E-state index in [4.69, 9.17) is 4.74 Å². The third-order valence-electron chi connectivity index (χ3n) is 5.15. The van der Waals surface area contributed by atoms with E-state index in [-0.39, 0.29) is 23.3 Å². The Morgan fingerprint density at radius 3 is 2.47 bits per heavy atom. The molecule has 1 amide bonds. The van der Waals surface area contributed by atoms with E-state index in [9.17, 15) is 13.2 Å². The van der Waals surface area contributed by atoms with Crippen LogP contribution in [0.25, 0.3) is 0 Å². The zero-order valence-electron chi connectivity index (χ0n) is 17.8.